The summed E-state index contributed by atoms with van der Waals surface area (Å²) >= 11 is 0. The van der Waals surface area contributed by atoms with Gasteiger partial charge < -0.3 is 10.2 Å². The van der Waals surface area contributed by atoms with Crippen LogP contribution in [0.25, 0.3) is 0 Å². The molecule has 1 fully saturated rings. The number of aryl methyl sites for hydroxylation is 1. The average molecular weight is 311 g/mol. The summed E-state index contributed by atoms with van der Waals surface area (Å²) in [6.45, 7) is 5.45. The highest BCUT2D eigenvalue weighted by molar-refractivity contribution is 5.55. The molecule has 5 heteroatoms. The summed E-state index contributed by atoms with van der Waals surface area (Å²) < 4.78 is 0. The molecule has 1 atom stereocenters. The van der Waals surface area contributed by atoms with Gasteiger partial charge in [-0.1, -0.05) is 26.0 Å². The fraction of sp³-hybridized carbons (Fsp3) is 0.500. The molecular weight excluding hydrogens is 286 g/mol. The summed E-state index contributed by atoms with van der Waals surface area (Å²) in [7, 11) is 0. The van der Waals surface area contributed by atoms with Gasteiger partial charge in [-0.15, -0.1) is 5.10 Å². The smallest absolute Gasteiger partial charge is 0.249 e. The number of nitrogens with zero attached hydrogens (tertiary/aromatic N) is 4. The molecule has 1 aliphatic heterocycles. The van der Waals surface area contributed by atoms with Crippen LogP contribution in [0.3, 0.4) is 0 Å². The zero-order valence-electron chi connectivity index (χ0n) is 14.0. The molecule has 1 aromatic carbocycles. The molecule has 1 unspecified atom stereocenters. The molecule has 23 heavy (non-hydrogen) atoms. The Kier molecular flexibility index (Phi) is 5.05. The number of hydrogen-bond donors (Lipinski definition) is 1. The van der Waals surface area contributed by atoms with Crippen molar-refractivity contribution in [3.63, 3.8) is 0 Å². The van der Waals surface area contributed by atoms with Crippen LogP contribution in [-0.4, -0.2) is 27.8 Å². The molecule has 0 spiro atoms. The van der Waals surface area contributed by atoms with E-state index < -0.39 is 0 Å². The van der Waals surface area contributed by atoms with E-state index in [1.807, 2.05) is 0 Å². The molecule has 122 valence electrons. The largest absolute Gasteiger partial charge is 0.352 e. The van der Waals surface area contributed by atoms with Crippen LogP contribution in [0.2, 0.25) is 0 Å². The second-order valence-electron chi connectivity index (χ2n) is 6.06. The van der Waals surface area contributed by atoms with E-state index in [9.17, 15) is 0 Å². The van der Waals surface area contributed by atoms with Crippen molar-refractivity contribution in [3.05, 3.63) is 36.0 Å². The predicted octanol–water partition coefficient (Wildman–Crippen LogP) is 3.95. The molecule has 1 saturated heterocycles. The Bertz CT molecular complexity index is 626. The van der Waals surface area contributed by atoms with E-state index in [1.165, 1.54) is 24.8 Å². The topological polar surface area (TPSA) is 53.9 Å². The van der Waals surface area contributed by atoms with Crippen LogP contribution in [0.5, 0.6) is 0 Å². The van der Waals surface area contributed by atoms with E-state index in [0.29, 0.717) is 12.0 Å². The molecule has 0 aliphatic carbocycles. The SMILES string of the molecule is CCc1ccc(Nc2nncc(N3CCCCC3CC)n2)cc1. The van der Waals surface area contributed by atoms with E-state index in [0.717, 1.165) is 30.9 Å². The van der Waals surface area contributed by atoms with Crippen LogP contribution in [-0.2, 0) is 6.42 Å². The maximum absolute atomic E-state index is 4.67. The minimum absolute atomic E-state index is 0.562. The highest BCUT2D eigenvalue weighted by Crippen LogP contribution is 2.25. The Morgan fingerprint density at radius 1 is 1.17 bits per heavy atom. The molecule has 0 bridgehead atoms. The summed E-state index contributed by atoms with van der Waals surface area (Å²) in [4.78, 5) is 7.05. The van der Waals surface area contributed by atoms with Crippen molar-refractivity contribution < 1.29 is 0 Å². The molecule has 1 N–H and O–H groups in total. The number of anilines is 3. The second-order valence-corrected chi connectivity index (χ2v) is 6.06. The lowest BCUT2D eigenvalue weighted by molar-refractivity contribution is 0.446. The molecule has 5 nitrogen and oxygen atoms in total. The lowest BCUT2D eigenvalue weighted by Gasteiger charge is -2.35. The van der Waals surface area contributed by atoms with Crippen LogP contribution in [0.15, 0.2) is 30.5 Å². The Labute approximate surface area is 138 Å². The molecule has 0 amide bonds. The molecule has 0 radical (unpaired) electrons. The third-order valence-corrected chi connectivity index (χ3v) is 4.56. The Morgan fingerprint density at radius 2 is 2.00 bits per heavy atom. The molecule has 1 aliphatic rings. The third-order valence-electron chi connectivity index (χ3n) is 4.56. The minimum atomic E-state index is 0.562. The van der Waals surface area contributed by atoms with Gasteiger partial charge in [-0.25, -0.2) is 0 Å². The zero-order chi connectivity index (χ0) is 16.1. The third kappa shape index (κ3) is 3.78. The lowest BCUT2D eigenvalue weighted by Crippen LogP contribution is -2.39. The number of nitrogens with one attached hydrogen (secondary N) is 1. The van der Waals surface area contributed by atoms with E-state index in [-0.39, 0.29) is 0 Å². The van der Waals surface area contributed by atoms with E-state index in [2.05, 4.69) is 63.5 Å². The van der Waals surface area contributed by atoms with Crippen molar-refractivity contribution in [2.45, 2.75) is 52.0 Å². The maximum atomic E-state index is 4.67. The summed E-state index contributed by atoms with van der Waals surface area (Å²) in [5.74, 6) is 1.49. The first-order valence-corrected chi connectivity index (χ1v) is 8.62. The Balaban J connectivity index is 1.76. The quantitative estimate of drug-likeness (QED) is 0.906. The first-order valence-electron chi connectivity index (χ1n) is 8.62. The fourth-order valence-corrected chi connectivity index (χ4v) is 3.17. The van der Waals surface area contributed by atoms with Crippen molar-refractivity contribution in [1.29, 1.82) is 0 Å². The van der Waals surface area contributed by atoms with E-state index in [1.54, 1.807) is 6.20 Å². The van der Waals surface area contributed by atoms with Crippen LogP contribution >= 0.6 is 0 Å². The molecule has 2 heterocycles. The number of benzene rings is 1. The van der Waals surface area contributed by atoms with Gasteiger partial charge in [-0.05, 0) is 49.8 Å². The number of aromatic nitrogens is 3. The summed E-state index contributed by atoms with van der Waals surface area (Å²) in [5, 5.41) is 11.5. The highest BCUT2D eigenvalue weighted by Gasteiger charge is 2.22. The highest BCUT2D eigenvalue weighted by atomic mass is 15.3. The van der Waals surface area contributed by atoms with Crippen LogP contribution in [0.4, 0.5) is 17.5 Å². The molecular formula is C18H25N5. The summed E-state index contributed by atoms with van der Waals surface area (Å²) in [6, 6.07) is 8.93. The van der Waals surface area contributed by atoms with Gasteiger partial charge in [-0.3, -0.25) is 0 Å². The van der Waals surface area contributed by atoms with Crippen molar-refractivity contribution >= 4 is 17.5 Å². The molecule has 0 saturated carbocycles. The van der Waals surface area contributed by atoms with Crippen molar-refractivity contribution in [3.8, 4) is 0 Å². The second kappa shape index (κ2) is 7.40. The molecule has 3 rings (SSSR count). The number of piperidine rings is 1. The van der Waals surface area contributed by atoms with Crippen LogP contribution in [0, 0.1) is 0 Å². The standard InChI is InChI=1S/C18H25N5/c1-3-14-8-10-15(11-9-14)20-18-21-17(13-19-22-18)23-12-6-5-7-16(23)4-2/h8-11,13,16H,3-7,12H2,1-2H3,(H,20,21,22). The van der Waals surface area contributed by atoms with E-state index >= 15 is 0 Å². The first-order chi connectivity index (χ1) is 11.3. The normalized spacial score (nSPS) is 18.0. The number of rotatable bonds is 5. The predicted molar refractivity (Wildman–Crippen MR) is 94.2 cm³/mol. The van der Waals surface area contributed by atoms with Gasteiger partial charge in [0.1, 0.15) is 0 Å². The minimum Gasteiger partial charge on any atom is -0.352 e. The van der Waals surface area contributed by atoms with Crippen molar-refractivity contribution in [2.75, 3.05) is 16.8 Å². The van der Waals surface area contributed by atoms with Gasteiger partial charge in [0, 0.05) is 18.3 Å². The van der Waals surface area contributed by atoms with Gasteiger partial charge in [0.15, 0.2) is 5.82 Å². The Morgan fingerprint density at radius 3 is 2.74 bits per heavy atom. The van der Waals surface area contributed by atoms with Gasteiger partial charge in [0.25, 0.3) is 0 Å². The zero-order valence-corrected chi connectivity index (χ0v) is 14.0. The first kappa shape index (κ1) is 15.7. The van der Waals surface area contributed by atoms with Gasteiger partial charge in [-0.2, -0.15) is 10.1 Å². The lowest BCUT2D eigenvalue weighted by atomic mass is 10.0. The fourth-order valence-electron chi connectivity index (χ4n) is 3.17. The number of hydrogen-bond acceptors (Lipinski definition) is 5. The van der Waals surface area contributed by atoms with Crippen LogP contribution < -0.4 is 10.2 Å². The van der Waals surface area contributed by atoms with Gasteiger partial charge in [0.05, 0.1) is 6.20 Å². The summed E-state index contributed by atoms with van der Waals surface area (Å²) in [5.41, 5.74) is 2.31. The van der Waals surface area contributed by atoms with Gasteiger partial charge >= 0.3 is 0 Å². The monoisotopic (exact) mass is 311 g/mol. The van der Waals surface area contributed by atoms with Gasteiger partial charge in [0.2, 0.25) is 5.95 Å². The average Bonchev–Trinajstić information content (AvgIpc) is 2.62. The summed E-state index contributed by atoms with van der Waals surface area (Å²) in [6.07, 6.45) is 7.73. The van der Waals surface area contributed by atoms with E-state index in [4.69, 9.17) is 0 Å². The maximum Gasteiger partial charge on any atom is 0.249 e. The van der Waals surface area contributed by atoms with Crippen LogP contribution in [0.1, 0.15) is 45.1 Å². The van der Waals surface area contributed by atoms with Crippen molar-refractivity contribution in [1.82, 2.24) is 15.2 Å². The Hall–Kier alpha value is -2.17. The van der Waals surface area contributed by atoms with Crippen molar-refractivity contribution in [2.24, 2.45) is 0 Å². The molecule has 1 aromatic heterocycles. The molecule has 2 aromatic rings.